The number of hydrogen-bond acceptors (Lipinski definition) is 1. The molecule has 0 aliphatic heterocycles. The second-order valence-corrected chi connectivity index (χ2v) is 3.03. The Balaban J connectivity index is 0. The molecule has 0 aromatic carbocycles. The zero-order chi connectivity index (χ0) is 8.57. The molecule has 0 aliphatic rings. The maximum atomic E-state index is 4.92. The molecule has 0 bridgehead atoms. The highest BCUT2D eigenvalue weighted by atomic mass is 14.5. The van der Waals surface area contributed by atoms with Crippen molar-refractivity contribution in [2.75, 3.05) is 0 Å². The van der Waals surface area contributed by atoms with E-state index in [2.05, 4.69) is 27.4 Å². The molecule has 62 valence electrons. The normalized spacial score (nSPS) is 8.50. The molecule has 2 N–H and O–H groups in total. The van der Waals surface area contributed by atoms with Gasteiger partial charge in [0.05, 0.1) is 0 Å². The lowest BCUT2D eigenvalue weighted by Gasteiger charge is -1.95. The lowest BCUT2D eigenvalue weighted by atomic mass is 10.1. The van der Waals surface area contributed by atoms with Crippen LogP contribution in [0.5, 0.6) is 0 Å². The van der Waals surface area contributed by atoms with Gasteiger partial charge in [0.15, 0.2) is 0 Å². The first-order chi connectivity index (χ1) is 4.50. The lowest BCUT2D eigenvalue weighted by molar-refractivity contribution is 0.576. The Morgan fingerprint density at radius 2 is 1.80 bits per heavy atom. The predicted molar refractivity (Wildman–Crippen MR) is 48.7 cm³/mol. The average Bonchev–Trinajstić information content (AvgIpc) is 1.62. The zero-order valence-corrected chi connectivity index (χ0v) is 7.78. The van der Waals surface area contributed by atoms with E-state index in [4.69, 9.17) is 5.73 Å². The summed E-state index contributed by atoms with van der Waals surface area (Å²) in [5.41, 5.74) is 5.58. The van der Waals surface area contributed by atoms with Crippen LogP contribution in [0.1, 0.15) is 40.5 Å². The maximum Gasteiger partial charge on any atom is -0.00242 e. The molecule has 0 aromatic rings. The Hall–Kier alpha value is -0.460. The molecule has 0 aromatic heterocycles. The highest BCUT2D eigenvalue weighted by Gasteiger charge is 1.85. The summed E-state index contributed by atoms with van der Waals surface area (Å²) in [6.07, 6.45) is 2.71. The second-order valence-electron chi connectivity index (χ2n) is 3.03. The molecule has 0 atom stereocenters. The van der Waals surface area contributed by atoms with Gasteiger partial charge in [0.1, 0.15) is 0 Å². The van der Waals surface area contributed by atoms with E-state index in [1.807, 2.05) is 0 Å². The first-order valence-corrected chi connectivity index (χ1v) is 3.91. The van der Waals surface area contributed by atoms with Crippen molar-refractivity contribution in [3.8, 4) is 0 Å². The third-order valence-corrected chi connectivity index (χ3v) is 0.866. The fraction of sp³-hybridized carbons (Fsp3) is 0.778. The van der Waals surface area contributed by atoms with Crippen LogP contribution in [-0.2, 0) is 0 Å². The minimum absolute atomic E-state index is 0.667. The SMILES string of the molecule is C=C(C)N.CCCC(C)C. The molecule has 1 nitrogen and oxygen atoms in total. The monoisotopic (exact) mass is 143 g/mol. The van der Waals surface area contributed by atoms with Gasteiger partial charge < -0.3 is 5.73 Å². The van der Waals surface area contributed by atoms with E-state index in [1.54, 1.807) is 6.92 Å². The standard InChI is InChI=1S/C6H14.C3H7N/c1-4-5-6(2)3;1-3(2)4/h6H,4-5H2,1-3H3;1,4H2,2H3. The molecule has 1 heteroatoms. The molecule has 0 unspecified atom stereocenters. The first-order valence-electron chi connectivity index (χ1n) is 3.91. The fourth-order valence-electron chi connectivity index (χ4n) is 0.577. The minimum atomic E-state index is 0.667. The number of hydrogen-bond donors (Lipinski definition) is 1. The molecule has 0 rings (SSSR count). The Labute approximate surface area is 65.3 Å². The van der Waals surface area contributed by atoms with Gasteiger partial charge in [0.25, 0.3) is 0 Å². The summed E-state index contributed by atoms with van der Waals surface area (Å²) in [7, 11) is 0. The third kappa shape index (κ3) is 50.0. The van der Waals surface area contributed by atoms with Crippen LogP contribution >= 0.6 is 0 Å². The van der Waals surface area contributed by atoms with E-state index >= 15 is 0 Å². The highest BCUT2D eigenvalue weighted by Crippen LogP contribution is 2.00. The summed E-state index contributed by atoms with van der Waals surface area (Å²) in [5, 5.41) is 0. The van der Waals surface area contributed by atoms with Gasteiger partial charge in [0, 0.05) is 0 Å². The Morgan fingerprint density at radius 1 is 1.50 bits per heavy atom. The van der Waals surface area contributed by atoms with E-state index in [0.29, 0.717) is 5.70 Å². The van der Waals surface area contributed by atoms with Crippen molar-refractivity contribution in [2.24, 2.45) is 11.7 Å². The molecule has 0 aliphatic carbocycles. The molecule has 0 fully saturated rings. The van der Waals surface area contributed by atoms with E-state index in [0.717, 1.165) is 5.92 Å². The summed E-state index contributed by atoms with van der Waals surface area (Å²) in [6.45, 7) is 11.8. The summed E-state index contributed by atoms with van der Waals surface area (Å²) in [5.74, 6) is 0.898. The largest absolute Gasteiger partial charge is 0.403 e. The minimum Gasteiger partial charge on any atom is -0.403 e. The lowest BCUT2D eigenvalue weighted by Crippen LogP contribution is -1.83. The molecule has 10 heavy (non-hydrogen) atoms. The molecular formula is C9H21N. The van der Waals surface area contributed by atoms with Crippen molar-refractivity contribution in [3.63, 3.8) is 0 Å². The van der Waals surface area contributed by atoms with Crippen LogP contribution in [0.25, 0.3) is 0 Å². The fourth-order valence-corrected chi connectivity index (χ4v) is 0.577. The third-order valence-electron chi connectivity index (χ3n) is 0.866. The molecule has 0 spiro atoms. The van der Waals surface area contributed by atoms with Crippen LogP contribution in [0.2, 0.25) is 0 Å². The average molecular weight is 143 g/mol. The van der Waals surface area contributed by atoms with Gasteiger partial charge in [-0.2, -0.15) is 0 Å². The molecule has 0 amide bonds. The van der Waals surface area contributed by atoms with Crippen LogP contribution in [-0.4, -0.2) is 0 Å². The van der Waals surface area contributed by atoms with Gasteiger partial charge in [-0.3, -0.25) is 0 Å². The Morgan fingerprint density at radius 3 is 1.80 bits per heavy atom. The molecule has 0 heterocycles. The molecule has 0 saturated heterocycles. The van der Waals surface area contributed by atoms with E-state index in [1.165, 1.54) is 12.8 Å². The van der Waals surface area contributed by atoms with Crippen LogP contribution in [0.4, 0.5) is 0 Å². The first kappa shape index (κ1) is 12.2. The maximum absolute atomic E-state index is 4.92. The summed E-state index contributed by atoms with van der Waals surface area (Å²) < 4.78 is 0. The molecular weight excluding hydrogens is 122 g/mol. The summed E-state index contributed by atoms with van der Waals surface area (Å²) in [4.78, 5) is 0. The van der Waals surface area contributed by atoms with Crippen molar-refractivity contribution in [3.05, 3.63) is 12.3 Å². The van der Waals surface area contributed by atoms with Crippen molar-refractivity contribution < 1.29 is 0 Å². The van der Waals surface area contributed by atoms with Gasteiger partial charge in [-0.05, 0) is 18.5 Å². The second kappa shape index (κ2) is 8.54. The number of rotatable bonds is 2. The van der Waals surface area contributed by atoms with E-state index < -0.39 is 0 Å². The number of nitrogens with two attached hydrogens (primary N) is 1. The summed E-state index contributed by atoms with van der Waals surface area (Å²) >= 11 is 0. The van der Waals surface area contributed by atoms with E-state index in [9.17, 15) is 0 Å². The molecule has 0 radical (unpaired) electrons. The van der Waals surface area contributed by atoms with Gasteiger partial charge >= 0.3 is 0 Å². The Kier molecular flexibility index (Phi) is 10.5. The quantitative estimate of drug-likeness (QED) is 0.632. The van der Waals surface area contributed by atoms with Crippen molar-refractivity contribution in [1.29, 1.82) is 0 Å². The van der Waals surface area contributed by atoms with Gasteiger partial charge in [-0.25, -0.2) is 0 Å². The number of allylic oxidation sites excluding steroid dienone is 1. The highest BCUT2D eigenvalue weighted by molar-refractivity contribution is 4.76. The van der Waals surface area contributed by atoms with Crippen LogP contribution in [0.15, 0.2) is 12.3 Å². The van der Waals surface area contributed by atoms with Crippen molar-refractivity contribution in [1.82, 2.24) is 0 Å². The van der Waals surface area contributed by atoms with Gasteiger partial charge in [0.2, 0.25) is 0 Å². The van der Waals surface area contributed by atoms with E-state index in [-0.39, 0.29) is 0 Å². The zero-order valence-electron chi connectivity index (χ0n) is 7.78. The smallest absolute Gasteiger partial charge is 0.00242 e. The Bertz CT molecular complexity index is 70.8. The van der Waals surface area contributed by atoms with Crippen LogP contribution < -0.4 is 5.73 Å². The van der Waals surface area contributed by atoms with Crippen LogP contribution in [0.3, 0.4) is 0 Å². The topological polar surface area (TPSA) is 26.0 Å². The van der Waals surface area contributed by atoms with Gasteiger partial charge in [-0.15, -0.1) is 0 Å². The molecule has 0 saturated carbocycles. The summed E-state index contributed by atoms with van der Waals surface area (Å²) in [6, 6.07) is 0. The van der Waals surface area contributed by atoms with Gasteiger partial charge in [-0.1, -0.05) is 40.2 Å². The van der Waals surface area contributed by atoms with Crippen LogP contribution in [0, 0.1) is 5.92 Å². The predicted octanol–water partition coefficient (Wildman–Crippen LogP) is 2.92. The van der Waals surface area contributed by atoms with Crippen molar-refractivity contribution in [2.45, 2.75) is 40.5 Å². The van der Waals surface area contributed by atoms with Crippen molar-refractivity contribution >= 4 is 0 Å².